The fourth-order valence-corrected chi connectivity index (χ4v) is 3.41. The van der Waals surface area contributed by atoms with E-state index in [0.717, 1.165) is 44.5 Å². The Kier molecular flexibility index (Phi) is 4.78. The van der Waals surface area contributed by atoms with Crippen molar-refractivity contribution < 1.29 is 0 Å². The summed E-state index contributed by atoms with van der Waals surface area (Å²) in [6.07, 6.45) is 5.20. The summed E-state index contributed by atoms with van der Waals surface area (Å²) in [6.45, 7) is 1.96. The average Bonchev–Trinajstić information content (AvgIpc) is 2.73. The predicted octanol–water partition coefficient (Wildman–Crippen LogP) is 4.61. The summed E-state index contributed by atoms with van der Waals surface area (Å²) in [5.41, 5.74) is 11.0. The van der Waals surface area contributed by atoms with Crippen molar-refractivity contribution in [2.45, 2.75) is 6.92 Å². The Balaban J connectivity index is 0.00000205. The van der Waals surface area contributed by atoms with Crippen molar-refractivity contribution in [1.82, 2.24) is 24.9 Å². The maximum atomic E-state index is 6.08. The molecule has 0 aliphatic rings. The van der Waals surface area contributed by atoms with Gasteiger partial charge in [0, 0.05) is 46.0 Å². The molecular formula is C22H17ClN6. The van der Waals surface area contributed by atoms with Crippen LogP contribution < -0.4 is 5.73 Å². The number of nitrogens with zero attached hydrogens (tertiary/aromatic N) is 5. The fourth-order valence-electron chi connectivity index (χ4n) is 3.41. The van der Waals surface area contributed by atoms with Crippen LogP contribution in [0, 0.1) is 6.92 Å². The number of halogens is 1. The number of hydrogen-bond donors (Lipinski definition) is 1. The van der Waals surface area contributed by atoms with Crippen LogP contribution in [0.5, 0.6) is 0 Å². The molecule has 0 radical (unpaired) electrons. The third kappa shape index (κ3) is 3.23. The van der Waals surface area contributed by atoms with E-state index in [0.29, 0.717) is 11.5 Å². The van der Waals surface area contributed by atoms with E-state index in [9.17, 15) is 0 Å². The second kappa shape index (κ2) is 7.41. The van der Waals surface area contributed by atoms with E-state index < -0.39 is 0 Å². The van der Waals surface area contributed by atoms with Crippen molar-refractivity contribution in [1.29, 1.82) is 0 Å². The molecule has 2 N–H and O–H groups in total. The Morgan fingerprint density at radius 1 is 0.724 bits per heavy atom. The monoisotopic (exact) mass is 400 g/mol. The van der Waals surface area contributed by atoms with Crippen molar-refractivity contribution in [2.75, 3.05) is 5.73 Å². The maximum Gasteiger partial charge on any atom is 0.160 e. The lowest BCUT2D eigenvalue weighted by Crippen LogP contribution is -1.97. The smallest absolute Gasteiger partial charge is 0.160 e. The van der Waals surface area contributed by atoms with E-state index >= 15 is 0 Å². The SMILES string of the molecule is Cc1cccc(-c2cc(-c3nccc4c(N)nccc34)c3cccnc3n2)n1.Cl. The highest BCUT2D eigenvalue weighted by molar-refractivity contribution is 6.05. The quantitative estimate of drug-likeness (QED) is 0.465. The van der Waals surface area contributed by atoms with Gasteiger partial charge in [0.05, 0.1) is 17.1 Å². The largest absolute Gasteiger partial charge is 0.383 e. The molecule has 5 rings (SSSR count). The van der Waals surface area contributed by atoms with Crippen LogP contribution in [0.4, 0.5) is 5.82 Å². The minimum absolute atomic E-state index is 0. The standard InChI is InChI=1S/C22H16N6.ClH/c1-13-4-2-6-18(27-13)19-12-17(16-5-3-9-26-22(16)28-19)20-14-7-11-25-21(23)15(14)8-10-24-20;/h2-12H,1H3,(H2,23,25);1H. The second-order valence-electron chi connectivity index (χ2n) is 6.54. The second-order valence-corrected chi connectivity index (χ2v) is 6.54. The Morgan fingerprint density at radius 2 is 1.55 bits per heavy atom. The number of nitrogens with two attached hydrogens (primary N) is 1. The summed E-state index contributed by atoms with van der Waals surface area (Å²) >= 11 is 0. The highest BCUT2D eigenvalue weighted by atomic mass is 35.5. The summed E-state index contributed by atoms with van der Waals surface area (Å²) in [5.74, 6) is 0.484. The summed E-state index contributed by atoms with van der Waals surface area (Å²) in [4.78, 5) is 22.7. The molecule has 5 aromatic heterocycles. The zero-order valence-corrected chi connectivity index (χ0v) is 16.4. The molecule has 0 spiro atoms. The highest BCUT2D eigenvalue weighted by Crippen LogP contribution is 2.34. The van der Waals surface area contributed by atoms with Crippen LogP contribution in [-0.2, 0) is 0 Å². The molecule has 0 atom stereocenters. The number of aryl methyl sites for hydroxylation is 1. The summed E-state index contributed by atoms with van der Waals surface area (Å²) in [6, 6.07) is 15.6. The van der Waals surface area contributed by atoms with E-state index in [4.69, 9.17) is 10.7 Å². The molecule has 7 heteroatoms. The first-order valence-electron chi connectivity index (χ1n) is 8.90. The van der Waals surface area contributed by atoms with Crippen molar-refractivity contribution in [3.63, 3.8) is 0 Å². The number of rotatable bonds is 2. The number of aromatic nitrogens is 5. The van der Waals surface area contributed by atoms with Gasteiger partial charge in [-0.15, -0.1) is 12.4 Å². The molecular weight excluding hydrogens is 384 g/mol. The normalized spacial score (nSPS) is 10.8. The molecule has 0 saturated heterocycles. The maximum absolute atomic E-state index is 6.08. The lowest BCUT2D eigenvalue weighted by Gasteiger charge is -2.11. The van der Waals surface area contributed by atoms with Gasteiger partial charge in [0.15, 0.2) is 5.65 Å². The van der Waals surface area contributed by atoms with Crippen LogP contribution >= 0.6 is 12.4 Å². The van der Waals surface area contributed by atoms with E-state index in [1.165, 1.54) is 0 Å². The molecule has 0 amide bonds. The molecule has 0 unspecified atom stereocenters. The van der Waals surface area contributed by atoms with E-state index in [1.54, 1.807) is 18.6 Å². The van der Waals surface area contributed by atoms with Crippen molar-refractivity contribution in [3.8, 4) is 22.6 Å². The summed E-state index contributed by atoms with van der Waals surface area (Å²) in [7, 11) is 0. The molecule has 29 heavy (non-hydrogen) atoms. The Hall–Kier alpha value is -3.64. The van der Waals surface area contributed by atoms with E-state index in [2.05, 4.69) is 19.9 Å². The third-order valence-corrected chi connectivity index (χ3v) is 4.71. The number of anilines is 1. The van der Waals surface area contributed by atoms with Crippen molar-refractivity contribution >= 4 is 40.0 Å². The average molecular weight is 401 g/mol. The zero-order chi connectivity index (χ0) is 19.1. The minimum Gasteiger partial charge on any atom is -0.383 e. The van der Waals surface area contributed by atoms with Crippen LogP contribution in [0.25, 0.3) is 44.5 Å². The van der Waals surface area contributed by atoms with Gasteiger partial charge in [-0.1, -0.05) is 6.07 Å². The lowest BCUT2D eigenvalue weighted by atomic mass is 10.0. The van der Waals surface area contributed by atoms with Gasteiger partial charge < -0.3 is 5.73 Å². The van der Waals surface area contributed by atoms with Gasteiger partial charge in [-0.2, -0.15) is 0 Å². The van der Waals surface area contributed by atoms with Crippen LogP contribution in [0.15, 0.2) is 67.1 Å². The Bertz CT molecular complexity index is 1350. The summed E-state index contributed by atoms with van der Waals surface area (Å²) in [5, 5.41) is 2.74. The summed E-state index contributed by atoms with van der Waals surface area (Å²) < 4.78 is 0. The van der Waals surface area contributed by atoms with Crippen LogP contribution in [0.1, 0.15) is 5.69 Å². The lowest BCUT2D eigenvalue weighted by molar-refractivity contribution is 1.18. The first kappa shape index (κ1) is 18.7. The van der Waals surface area contributed by atoms with Gasteiger partial charge in [0.1, 0.15) is 5.82 Å². The molecule has 0 aromatic carbocycles. The molecule has 0 saturated carbocycles. The van der Waals surface area contributed by atoms with Gasteiger partial charge in [-0.3, -0.25) is 9.97 Å². The van der Waals surface area contributed by atoms with E-state index in [-0.39, 0.29) is 12.4 Å². The molecule has 6 nitrogen and oxygen atoms in total. The number of pyridine rings is 5. The Morgan fingerprint density at radius 3 is 2.41 bits per heavy atom. The third-order valence-electron chi connectivity index (χ3n) is 4.71. The van der Waals surface area contributed by atoms with Crippen LogP contribution in [0.2, 0.25) is 0 Å². The predicted molar refractivity (Wildman–Crippen MR) is 118 cm³/mol. The first-order valence-corrected chi connectivity index (χ1v) is 8.90. The molecule has 142 valence electrons. The molecule has 5 aromatic rings. The van der Waals surface area contributed by atoms with Gasteiger partial charge >= 0.3 is 0 Å². The molecule has 0 bridgehead atoms. The number of nitrogen functional groups attached to an aromatic ring is 1. The van der Waals surface area contributed by atoms with Crippen LogP contribution in [-0.4, -0.2) is 24.9 Å². The Labute approximate surface area is 173 Å². The van der Waals surface area contributed by atoms with Crippen LogP contribution in [0.3, 0.4) is 0 Å². The highest BCUT2D eigenvalue weighted by Gasteiger charge is 2.15. The fraction of sp³-hybridized carbons (Fsp3) is 0.0455. The number of hydrogen-bond acceptors (Lipinski definition) is 6. The first-order chi connectivity index (χ1) is 13.7. The van der Waals surface area contributed by atoms with Gasteiger partial charge in [-0.25, -0.2) is 15.0 Å². The molecule has 5 heterocycles. The van der Waals surface area contributed by atoms with E-state index in [1.807, 2.05) is 55.5 Å². The molecule has 0 fully saturated rings. The van der Waals surface area contributed by atoms with Crippen molar-refractivity contribution in [2.24, 2.45) is 0 Å². The molecule has 0 aliphatic heterocycles. The van der Waals surface area contributed by atoms with Gasteiger partial charge in [-0.05, 0) is 49.4 Å². The van der Waals surface area contributed by atoms with Gasteiger partial charge in [0.2, 0.25) is 0 Å². The van der Waals surface area contributed by atoms with Crippen molar-refractivity contribution in [3.05, 3.63) is 72.8 Å². The topological polar surface area (TPSA) is 90.5 Å². The minimum atomic E-state index is 0. The number of fused-ring (bicyclic) bond motifs is 2. The zero-order valence-electron chi connectivity index (χ0n) is 15.6. The molecule has 0 aliphatic carbocycles. The van der Waals surface area contributed by atoms with Gasteiger partial charge in [0.25, 0.3) is 0 Å².